The van der Waals surface area contributed by atoms with Gasteiger partial charge in [-0.15, -0.1) is 0 Å². The first kappa shape index (κ1) is 32.4. The summed E-state index contributed by atoms with van der Waals surface area (Å²) in [7, 11) is 0. The predicted octanol–water partition coefficient (Wildman–Crippen LogP) is 0.282. The van der Waals surface area contributed by atoms with E-state index in [1.165, 1.54) is 17.2 Å². The van der Waals surface area contributed by atoms with Gasteiger partial charge in [-0.25, -0.2) is 19.7 Å². The van der Waals surface area contributed by atoms with E-state index in [2.05, 4.69) is 35.6 Å². The number of nitrogen functional groups attached to an aromatic ring is 1. The summed E-state index contributed by atoms with van der Waals surface area (Å²) in [4.78, 5) is 46.2. The summed E-state index contributed by atoms with van der Waals surface area (Å²) < 4.78 is 38.6. The summed E-state index contributed by atoms with van der Waals surface area (Å²) in [6.07, 6.45) is -1.64. The number of aliphatic hydroxyl groups is 1. The summed E-state index contributed by atoms with van der Waals surface area (Å²) in [5.74, 6) is 1.02. The van der Waals surface area contributed by atoms with E-state index in [1.807, 2.05) is 10.8 Å². The molecule has 20 nitrogen and oxygen atoms in total. The number of ether oxygens (including phenoxy) is 4. The Morgan fingerprint density at radius 1 is 1.12 bits per heavy atom. The molecule has 0 amide bonds. The lowest BCUT2D eigenvalue weighted by atomic mass is 10.1. The number of nitrogens with one attached hydrogen (secondary N) is 2. The number of nitrogens with two attached hydrogens (primary N) is 2. The van der Waals surface area contributed by atoms with Crippen LogP contribution in [0.2, 0.25) is 0 Å². The zero-order valence-electron chi connectivity index (χ0n) is 25.8. The molecule has 49 heavy (non-hydrogen) atoms. The third-order valence-corrected chi connectivity index (χ3v) is 10.4. The van der Waals surface area contributed by atoms with Crippen LogP contribution in [0.5, 0.6) is 0 Å². The van der Waals surface area contributed by atoms with Gasteiger partial charge >= 0.3 is 12.9 Å². The number of rotatable bonds is 5. The Kier molecular flexibility index (Phi) is 8.49. The van der Waals surface area contributed by atoms with E-state index in [9.17, 15) is 14.8 Å². The van der Waals surface area contributed by atoms with Crippen LogP contribution in [-0.4, -0.2) is 114 Å². The molecule has 1 unspecified atom stereocenters. The SMILES string of the molecule is NCCNc1nc(N)c2ncn([C@@H]3O[C@@H]4COP(O)(=S)O[C@H]5C[C@H](n6cc7c8c(ncnc86)NCCC7)O[C@@H]5COC(=O)O[C@@H]3[C@@H]4O)c2n1. The lowest BCUT2D eigenvalue weighted by Gasteiger charge is -2.25. The minimum Gasteiger partial charge on any atom is -0.431 e. The summed E-state index contributed by atoms with van der Waals surface area (Å²) >= 11 is 5.38. The Hall–Kier alpha value is -3.79. The average Bonchev–Trinajstić information content (AvgIpc) is 3.81. The van der Waals surface area contributed by atoms with E-state index in [4.69, 9.17) is 51.3 Å². The van der Waals surface area contributed by atoms with E-state index >= 15 is 0 Å². The maximum atomic E-state index is 13.2. The van der Waals surface area contributed by atoms with E-state index in [0.717, 1.165) is 36.2 Å². The fourth-order valence-electron chi connectivity index (χ4n) is 6.58. The van der Waals surface area contributed by atoms with Gasteiger partial charge in [0.1, 0.15) is 60.6 Å². The van der Waals surface area contributed by atoms with Crippen LogP contribution >= 0.6 is 6.72 Å². The second-order valence-electron chi connectivity index (χ2n) is 12.0. The molecule has 3 saturated heterocycles. The summed E-state index contributed by atoms with van der Waals surface area (Å²) in [5.41, 5.74) is 13.9. The van der Waals surface area contributed by atoms with Crippen LogP contribution in [0.25, 0.3) is 22.2 Å². The van der Waals surface area contributed by atoms with Crippen LogP contribution < -0.4 is 22.1 Å². The number of nitrogens with zero attached hydrogens (tertiary/aromatic N) is 7. The molecular formula is C27H34N11O9PS. The van der Waals surface area contributed by atoms with Crippen molar-refractivity contribution in [3.63, 3.8) is 0 Å². The molecule has 0 saturated carbocycles. The normalized spacial score (nSPS) is 31.9. The molecule has 8 atom stereocenters. The lowest BCUT2D eigenvalue weighted by molar-refractivity contribution is -0.0836. The molecule has 8 N–H and O–H groups in total. The van der Waals surface area contributed by atoms with Crippen LogP contribution in [0.4, 0.5) is 22.4 Å². The monoisotopic (exact) mass is 719 g/mol. The standard InChI is InChI=1S/C27H34N11O9PS/c28-3-5-31-26-35-21(29)18-24(36-26)38(11-34-18)25-20-19(39)15(45-25)9-43-48(41,49)47-13-6-16(44-14(13)8-42-27(40)46-20)37-7-12-2-1-4-30-22-17(12)23(37)33-10-32-22/h7,10-11,13-16,19-20,25,39H,1-6,8-9,28H2,(H,41,49)(H,30,32,33)(H3,29,31,35,36)/t13-,14+,15+,16+,19+,20+,25+,48?/m0/s1. The van der Waals surface area contributed by atoms with Gasteiger partial charge in [-0.3, -0.25) is 4.57 Å². The summed E-state index contributed by atoms with van der Waals surface area (Å²) in [6, 6.07) is 0. The molecule has 22 heteroatoms. The van der Waals surface area contributed by atoms with E-state index in [-0.39, 0.29) is 36.0 Å². The minimum atomic E-state index is -3.95. The zero-order chi connectivity index (χ0) is 33.9. The van der Waals surface area contributed by atoms with Crippen molar-refractivity contribution < 1.29 is 42.8 Å². The third kappa shape index (κ3) is 6.04. The van der Waals surface area contributed by atoms with Crippen molar-refractivity contribution in [2.24, 2.45) is 5.73 Å². The van der Waals surface area contributed by atoms with E-state index < -0.39 is 62.5 Å². The van der Waals surface area contributed by atoms with Gasteiger partial charge in [0, 0.05) is 32.3 Å². The molecule has 4 aliphatic heterocycles. The topological polar surface area (TPSA) is 263 Å². The van der Waals surface area contributed by atoms with Crippen LogP contribution in [-0.2, 0) is 46.2 Å². The van der Waals surface area contributed by atoms with Gasteiger partial charge in [-0.2, -0.15) is 9.97 Å². The van der Waals surface area contributed by atoms with Crippen molar-refractivity contribution >= 4 is 64.5 Å². The quantitative estimate of drug-likeness (QED) is 0.119. The van der Waals surface area contributed by atoms with Crippen molar-refractivity contribution in [2.45, 2.75) is 62.2 Å². The van der Waals surface area contributed by atoms with Crippen molar-refractivity contribution in [3.8, 4) is 0 Å². The van der Waals surface area contributed by atoms with Gasteiger partial charge in [-0.05, 0) is 30.2 Å². The van der Waals surface area contributed by atoms with Gasteiger partial charge < -0.3 is 64.7 Å². The fourth-order valence-corrected chi connectivity index (χ4v) is 8.06. The smallest absolute Gasteiger partial charge is 0.431 e. The number of carbonyl (C=O) groups is 1. The number of fused-ring (bicyclic) bond motifs is 4. The Morgan fingerprint density at radius 3 is 2.86 bits per heavy atom. The lowest BCUT2D eigenvalue weighted by Crippen LogP contribution is -2.37. The Labute approximate surface area is 282 Å². The van der Waals surface area contributed by atoms with Crippen molar-refractivity contribution in [1.82, 2.24) is 34.1 Å². The molecule has 4 aromatic heterocycles. The maximum absolute atomic E-state index is 13.2. The Morgan fingerprint density at radius 2 is 2.00 bits per heavy atom. The van der Waals surface area contributed by atoms with E-state index in [0.29, 0.717) is 18.7 Å². The zero-order valence-corrected chi connectivity index (χ0v) is 27.5. The number of cyclic esters (lactones) is 1. The molecule has 3 fully saturated rings. The van der Waals surface area contributed by atoms with E-state index in [1.54, 1.807) is 0 Å². The molecule has 0 aliphatic carbocycles. The number of hydrogen-bond donors (Lipinski definition) is 6. The second kappa shape index (κ2) is 12.8. The highest BCUT2D eigenvalue weighted by molar-refractivity contribution is 8.07. The van der Waals surface area contributed by atoms with Gasteiger partial charge in [-0.1, -0.05) is 0 Å². The molecule has 0 radical (unpaired) electrons. The van der Waals surface area contributed by atoms with Gasteiger partial charge in [0.25, 0.3) is 0 Å². The predicted molar refractivity (Wildman–Crippen MR) is 174 cm³/mol. The molecule has 4 aromatic rings. The Balaban J connectivity index is 1.06. The van der Waals surface area contributed by atoms with Crippen LogP contribution in [0, 0.1) is 0 Å². The first-order valence-corrected chi connectivity index (χ1v) is 18.3. The maximum Gasteiger partial charge on any atom is 0.508 e. The first-order chi connectivity index (χ1) is 23.7. The number of imidazole rings is 1. The highest BCUT2D eigenvalue weighted by Crippen LogP contribution is 2.50. The second-order valence-corrected chi connectivity index (χ2v) is 14.7. The number of aryl methyl sites for hydroxylation is 1. The van der Waals surface area contributed by atoms with Crippen LogP contribution in [0.3, 0.4) is 0 Å². The number of carbonyl (C=O) groups excluding carboxylic acids is 1. The average molecular weight is 720 g/mol. The highest BCUT2D eigenvalue weighted by atomic mass is 32.5. The van der Waals surface area contributed by atoms with Crippen LogP contribution in [0.1, 0.15) is 30.9 Å². The largest absolute Gasteiger partial charge is 0.508 e. The number of hydrogen-bond acceptors (Lipinski definition) is 18. The number of anilines is 3. The molecule has 0 aromatic carbocycles. The fraction of sp³-hybridized carbons (Fsp3) is 0.556. The van der Waals surface area contributed by atoms with Crippen LogP contribution in [0.15, 0.2) is 18.9 Å². The van der Waals surface area contributed by atoms with Crippen molar-refractivity contribution in [2.75, 3.05) is 49.2 Å². The van der Waals surface area contributed by atoms with Crippen molar-refractivity contribution in [1.29, 1.82) is 0 Å². The number of aliphatic hydroxyl groups excluding tert-OH is 1. The first-order valence-electron chi connectivity index (χ1n) is 15.7. The summed E-state index contributed by atoms with van der Waals surface area (Å²) in [5, 5.41) is 18.5. The summed E-state index contributed by atoms with van der Waals surface area (Å²) in [6.45, 7) is -3.16. The molecule has 8 heterocycles. The molecule has 0 spiro atoms. The molecular weight excluding hydrogens is 685 g/mol. The highest BCUT2D eigenvalue weighted by Gasteiger charge is 2.50. The van der Waals surface area contributed by atoms with Gasteiger partial charge in [0.2, 0.25) is 5.95 Å². The number of aromatic nitrogens is 7. The van der Waals surface area contributed by atoms with Crippen molar-refractivity contribution in [3.05, 3.63) is 24.4 Å². The molecule has 4 aliphatic rings. The third-order valence-electron chi connectivity index (χ3n) is 8.83. The van der Waals surface area contributed by atoms with Gasteiger partial charge in [0.15, 0.2) is 23.8 Å². The molecule has 8 rings (SSSR count). The van der Waals surface area contributed by atoms with Gasteiger partial charge in [0.05, 0.1) is 18.3 Å². The molecule has 262 valence electrons. The minimum absolute atomic E-state index is 0.0835. The molecule has 2 bridgehead atoms. The Bertz CT molecular complexity index is 1950.